The quantitative estimate of drug-likeness (QED) is 0.633. The van der Waals surface area contributed by atoms with Crippen molar-refractivity contribution in [2.75, 3.05) is 25.0 Å². The molecule has 2 N–H and O–H groups in total. The highest BCUT2D eigenvalue weighted by Gasteiger charge is 2.28. The number of hydrogen-bond donors (Lipinski definition) is 2. The summed E-state index contributed by atoms with van der Waals surface area (Å²) in [5.41, 5.74) is 1.43. The van der Waals surface area contributed by atoms with Crippen LogP contribution in [0.25, 0.3) is 11.0 Å². The molecule has 8 nitrogen and oxygen atoms in total. The largest absolute Gasteiger partial charge is 0.373 e. The Labute approximate surface area is 182 Å². The minimum absolute atomic E-state index is 0.0102. The van der Waals surface area contributed by atoms with Gasteiger partial charge in [0.2, 0.25) is 5.95 Å². The number of nitrogens with zero attached hydrogens (tertiary/aromatic N) is 4. The zero-order chi connectivity index (χ0) is 22.0. The Morgan fingerprint density at radius 1 is 1.29 bits per heavy atom. The lowest BCUT2D eigenvalue weighted by Gasteiger charge is -2.37. The molecule has 0 saturated carbocycles. The minimum Gasteiger partial charge on any atom is -0.373 e. The molecule has 0 radical (unpaired) electrons. The zero-order valence-electron chi connectivity index (χ0n) is 18.8. The van der Waals surface area contributed by atoms with Gasteiger partial charge < -0.3 is 10.1 Å². The van der Waals surface area contributed by atoms with E-state index in [0.717, 1.165) is 26.1 Å². The predicted octanol–water partition coefficient (Wildman–Crippen LogP) is 2.97. The van der Waals surface area contributed by atoms with Gasteiger partial charge in [0, 0.05) is 19.6 Å². The normalized spacial score (nSPS) is 18.9. The van der Waals surface area contributed by atoms with E-state index in [2.05, 4.69) is 51.5 Å². The number of H-pyrrole nitrogens is 1. The maximum absolute atomic E-state index is 12.6. The van der Waals surface area contributed by atoms with E-state index in [4.69, 9.17) is 9.72 Å². The molecule has 1 aromatic carbocycles. The van der Waals surface area contributed by atoms with Crippen LogP contribution in [0.4, 0.5) is 5.95 Å². The van der Waals surface area contributed by atoms with Crippen molar-refractivity contribution in [3.63, 3.8) is 0 Å². The van der Waals surface area contributed by atoms with Crippen LogP contribution in [0.1, 0.15) is 39.7 Å². The number of rotatable bonds is 6. The summed E-state index contributed by atoms with van der Waals surface area (Å²) >= 11 is 0. The average molecular weight is 425 g/mol. The van der Waals surface area contributed by atoms with Gasteiger partial charge in [-0.05, 0) is 32.8 Å². The topological polar surface area (TPSA) is 88.1 Å². The zero-order valence-corrected chi connectivity index (χ0v) is 18.8. The van der Waals surface area contributed by atoms with E-state index in [1.165, 1.54) is 5.56 Å². The Balaban J connectivity index is 1.52. The van der Waals surface area contributed by atoms with Gasteiger partial charge in [-0.3, -0.25) is 14.7 Å². The first-order valence-electron chi connectivity index (χ1n) is 11.0. The Morgan fingerprint density at radius 3 is 2.77 bits per heavy atom. The fraction of sp³-hybridized carbons (Fsp3) is 0.522. The molecule has 3 aromatic rings. The molecule has 1 fully saturated rings. The summed E-state index contributed by atoms with van der Waals surface area (Å²) in [6, 6.07) is 10.5. The van der Waals surface area contributed by atoms with E-state index in [1.807, 2.05) is 26.8 Å². The summed E-state index contributed by atoms with van der Waals surface area (Å²) in [5, 5.41) is 8.30. The SMILES string of the molecule is CCC(Nc1nc2c(cnn2C(C)(C)C)c(=O)[nH]1)C1CN(Cc2ccccc2)CCO1. The highest BCUT2D eigenvalue weighted by Crippen LogP contribution is 2.20. The molecular weight excluding hydrogens is 392 g/mol. The van der Waals surface area contributed by atoms with E-state index < -0.39 is 0 Å². The van der Waals surface area contributed by atoms with Gasteiger partial charge in [0.15, 0.2) is 5.65 Å². The average Bonchev–Trinajstić information content (AvgIpc) is 3.18. The number of anilines is 1. The highest BCUT2D eigenvalue weighted by molar-refractivity contribution is 5.74. The number of aromatic nitrogens is 4. The first kappa shape index (κ1) is 21.5. The standard InChI is InChI=1S/C23H32N6O2/c1-5-18(19-15-28(11-12-31-19)14-16-9-7-6-8-10-16)25-22-26-20-17(21(30)27-22)13-24-29(20)23(2,3)4/h6-10,13,18-19H,5,11-12,14-15H2,1-4H3,(H2,25,26,27,30). The lowest BCUT2D eigenvalue weighted by molar-refractivity contribution is -0.0403. The van der Waals surface area contributed by atoms with Crippen LogP contribution >= 0.6 is 0 Å². The lowest BCUT2D eigenvalue weighted by atomic mass is 10.1. The minimum atomic E-state index is -0.269. The molecule has 166 valence electrons. The van der Waals surface area contributed by atoms with Gasteiger partial charge in [0.05, 0.1) is 30.5 Å². The number of hydrogen-bond acceptors (Lipinski definition) is 6. The second kappa shape index (κ2) is 8.80. The van der Waals surface area contributed by atoms with E-state index in [1.54, 1.807) is 10.9 Å². The molecule has 2 aromatic heterocycles. The summed E-state index contributed by atoms with van der Waals surface area (Å²) in [7, 11) is 0. The molecule has 1 saturated heterocycles. The van der Waals surface area contributed by atoms with E-state index in [0.29, 0.717) is 23.6 Å². The number of ether oxygens (including phenoxy) is 1. The van der Waals surface area contributed by atoms with Crippen molar-refractivity contribution in [1.82, 2.24) is 24.6 Å². The molecule has 0 aliphatic carbocycles. The molecule has 0 amide bonds. The molecule has 0 spiro atoms. The van der Waals surface area contributed by atoms with Gasteiger partial charge in [0.1, 0.15) is 5.39 Å². The molecule has 0 bridgehead atoms. The monoisotopic (exact) mass is 424 g/mol. The number of aromatic amines is 1. The van der Waals surface area contributed by atoms with Crippen molar-refractivity contribution < 1.29 is 4.74 Å². The van der Waals surface area contributed by atoms with Crippen molar-refractivity contribution in [2.45, 2.75) is 58.3 Å². The van der Waals surface area contributed by atoms with Crippen LogP contribution in [0.3, 0.4) is 0 Å². The van der Waals surface area contributed by atoms with Gasteiger partial charge in [-0.1, -0.05) is 37.3 Å². The van der Waals surface area contributed by atoms with Crippen LogP contribution in [0, 0.1) is 0 Å². The second-order valence-corrected chi connectivity index (χ2v) is 9.17. The fourth-order valence-electron chi connectivity index (χ4n) is 4.07. The highest BCUT2D eigenvalue weighted by atomic mass is 16.5. The van der Waals surface area contributed by atoms with E-state index in [9.17, 15) is 4.79 Å². The van der Waals surface area contributed by atoms with Crippen molar-refractivity contribution in [1.29, 1.82) is 0 Å². The Hall–Kier alpha value is -2.71. The van der Waals surface area contributed by atoms with Crippen LogP contribution < -0.4 is 10.9 Å². The molecule has 8 heteroatoms. The first-order valence-corrected chi connectivity index (χ1v) is 11.0. The Kier molecular flexibility index (Phi) is 6.11. The Morgan fingerprint density at radius 2 is 2.06 bits per heavy atom. The first-order chi connectivity index (χ1) is 14.8. The van der Waals surface area contributed by atoms with Crippen LogP contribution in [0.15, 0.2) is 41.3 Å². The number of morpholine rings is 1. The molecule has 4 rings (SSSR count). The molecule has 2 unspecified atom stereocenters. The number of nitrogens with one attached hydrogen (secondary N) is 2. The lowest BCUT2D eigenvalue weighted by Crippen LogP contribution is -2.49. The molecule has 1 aliphatic heterocycles. The third kappa shape index (κ3) is 4.80. The smallest absolute Gasteiger partial charge is 0.263 e. The van der Waals surface area contributed by atoms with Gasteiger partial charge in [-0.25, -0.2) is 4.68 Å². The van der Waals surface area contributed by atoms with E-state index >= 15 is 0 Å². The van der Waals surface area contributed by atoms with Crippen molar-refractivity contribution >= 4 is 17.0 Å². The van der Waals surface area contributed by atoms with Gasteiger partial charge >= 0.3 is 0 Å². The second-order valence-electron chi connectivity index (χ2n) is 9.17. The summed E-state index contributed by atoms with van der Waals surface area (Å²) in [4.78, 5) is 22.6. The maximum atomic E-state index is 12.6. The molecule has 31 heavy (non-hydrogen) atoms. The van der Waals surface area contributed by atoms with Crippen molar-refractivity contribution in [3.8, 4) is 0 Å². The van der Waals surface area contributed by atoms with Gasteiger partial charge in [-0.15, -0.1) is 0 Å². The van der Waals surface area contributed by atoms with Gasteiger partial charge in [-0.2, -0.15) is 10.1 Å². The molecular formula is C23H32N6O2. The summed E-state index contributed by atoms with van der Waals surface area (Å²) in [6.07, 6.45) is 2.44. The molecule has 3 heterocycles. The van der Waals surface area contributed by atoms with Gasteiger partial charge in [0.25, 0.3) is 5.56 Å². The van der Waals surface area contributed by atoms with Crippen LogP contribution in [0.5, 0.6) is 0 Å². The Bertz CT molecular complexity index is 1070. The third-order valence-corrected chi connectivity index (χ3v) is 5.71. The van der Waals surface area contributed by atoms with E-state index in [-0.39, 0.29) is 23.2 Å². The van der Waals surface area contributed by atoms with Crippen LogP contribution in [-0.4, -0.2) is 56.5 Å². The third-order valence-electron chi connectivity index (χ3n) is 5.71. The molecule has 1 aliphatic rings. The number of benzene rings is 1. The van der Waals surface area contributed by atoms with Crippen LogP contribution in [0.2, 0.25) is 0 Å². The van der Waals surface area contributed by atoms with Crippen molar-refractivity contribution in [2.24, 2.45) is 0 Å². The fourth-order valence-corrected chi connectivity index (χ4v) is 4.07. The number of fused-ring (bicyclic) bond motifs is 1. The maximum Gasteiger partial charge on any atom is 0.263 e. The predicted molar refractivity (Wildman–Crippen MR) is 122 cm³/mol. The van der Waals surface area contributed by atoms with Crippen LogP contribution in [-0.2, 0) is 16.8 Å². The van der Waals surface area contributed by atoms with Crippen molar-refractivity contribution in [3.05, 3.63) is 52.4 Å². The molecule has 2 atom stereocenters. The summed E-state index contributed by atoms with van der Waals surface area (Å²) < 4.78 is 7.90. The summed E-state index contributed by atoms with van der Waals surface area (Å²) in [6.45, 7) is 11.6. The summed E-state index contributed by atoms with van der Waals surface area (Å²) in [5.74, 6) is 0.458.